The van der Waals surface area contributed by atoms with E-state index in [1.165, 1.54) is 11.1 Å². The molecule has 0 N–H and O–H groups in total. The molecule has 2 saturated heterocycles. The molecule has 4 aromatic carbocycles. The Hall–Kier alpha value is -3.70. The Morgan fingerprint density at radius 1 is 0.675 bits per heavy atom. The van der Waals surface area contributed by atoms with Gasteiger partial charge in [-0.3, -0.25) is 14.5 Å². The molecule has 1 unspecified atom stereocenters. The Morgan fingerprint density at radius 2 is 1.32 bits per heavy atom. The van der Waals surface area contributed by atoms with Gasteiger partial charge in [0.1, 0.15) is 0 Å². The van der Waals surface area contributed by atoms with E-state index in [1.54, 1.807) is 0 Å². The summed E-state index contributed by atoms with van der Waals surface area (Å²) in [6, 6.07) is 27.6. The average molecular weight is 532 g/mol. The first-order valence-electron chi connectivity index (χ1n) is 14.9. The topological polar surface area (TPSA) is 43.9 Å². The SMILES string of the molecule is O=C(c1c2ccccc2cc2ccccc12)N1CCC(N2CCCC(C(=O)N3CCc4ccccc4C3)C2)CC1. The first kappa shape index (κ1) is 25.3. The van der Waals surface area contributed by atoms with E-state index in [0.717, 1.165) is 98.5 Å². The second-order valence-corrected chi connectivity index (χ2v) is 11.8. The van der Waals surface area contributed by atoms with E-state index in [0.29, 0.717) is 11.9 Å². The first-order valence-corrected chi connectivity index (χ1v) is 14.9. The highest BCUT2D eigenvalue weighted by atomic mass is 16.2. The van der Waals surface area contributed by atoms with Crippen LogP contribution in [0, 0.1) is 5.92 Å². The first-order chi connectivity index (χ1) is 19.7. The Labute approximate surface area is 236 Å². The zero-order valence-corrected chi connectivity index (χ0v) is 23.1. The van der Waals surface area contributed by atoms with Gasteiger partial charge in [0.15, 0.2) is 0 Å². The van der Waals surface area contributed by atoms with Crippen LogP contribution in [0.5, 0.6) is 0 Å². The predicted molar refractivity (Wildman–Crippen MR) is 160 cm³/mol. The molecule has 5 heteroatoms. The third-order valence-corrected chi connectivity index (χ3v) is 9.50. The van der Waals surface area contributed by atoms with Crippen LogP contribution in [0.2, 0.25) is 0 Å². The monoisotopic (exact) mass is 531 g/mol. The maximum absolute atomic E-state index is 14.0. The third-order valence-electron chi connectivity index (χ3n) is 9.50. The van der Waals surface area contributed by atoms with Crippen molar-refractivity contribution in [1.29, 1.82) is 0 Å². The summed E-state index contributed by atoms with van der Waals surface area (Å²) in [4.78, 5) is 34.2. The van der Waals surface area contributed by atoms with Gasteiger partial charge in [-0.2, -0.15) is 0 Å². The van der Waals surface area contributed by atoms with Crippen molar-refractivity contribution in [1.82, 2.24) is 14.7 Å². The molecule has 40 heavy (non-hydrogen) atoms. The minimum Gasteiger partial charge on any atom is -0.338 e. The maximum Gasteiger partial charge on any atom is 0.255 e. The molecule has 1 atom stereocenters. The summed E-state index contributed by atoms with van der Waals surface area (Å²) in [6.07, 6.45) is 4.94. The molecule has 3 aliphatic heterocycles. The Balaban J connectivity index is 1.02. The minimum absolute atomic E-state index is 0.0840. The number of likely N-dealkylation sites (tertiary alicyclic amines) is 2. The lowest BCUT2D eigenvalue weighted by atomic mass is 9.91. The van der Waals surface area contributed by atoms with Crippen LogP contribution >= 0.6 is 0 Å². The highest BCUT2D eigenvalue weighted by molar-refractivity contribution is 6.18. The number of benzene rings is 4. The van der Waals surface area contributed by atoms with Crippen molar-refractivity contribution in [3.63, 3.8) is 0 Å². The van der Waals surface area contributed by atoms with Crippen LogP contribution in [0.4, 0.5) is 0 Å². The standard InChI is InChI=1S/C35H37N3O2/c39-34(38-19-15-25-8-1-2-11-28(25)23-38)29-12-7-18-37(24-29)30-16-20-36(21-17-30)35(40)33-31-13-5-3-9-26(31)22-27-10-4-6-14-32(27)33/h1-6,8-11,13-14,22,29-30H,7,12,15-21,23-24H2. The van der Waals surface area contributed by atoms with Crippen molar-refractivity contribution in [3.05, 3.63) is 95.6 Å². The fourth-order valence-electron chi connectivity index (χ4n) is 7.32. The zero-order valence-electron chi connectivity index (χ0n) is 23.1. The molecule has 0 saturated carbocycles. The van der Waals surface area contributed by atoms with E-state index in [-0.39, 0.29) is 11.8 Å². The molecule has 2 amide bonds. The van der Waals surface area contributed by atoms with E-state index in [9.17, 15) is 9.59 Å². The van der Waals surface area contributed by atoms with Crippen LogP contribution in [-0.4, -0.2) is 65.3 Å². The van der Waals surface area contributed by atoms with E-state index < -0.39 is 0 Å². The molecule has 3 aliphatic rings. The quantitative estimate of drug-likeness (QED) is 0.310. The van der Waals surface area contributed by atoms with E-state index in [4.69, 9.17) is 0 Å². The van der Waals surface area contributed by atoms with Gasteiger partial charge >= 0.3 is 0 Å². The van der Waals surface area contributed by atoms with Crippen LogP contribution in [-0.2, 0) is 17.8 Å². The van der Waals surface area contributed by atoms with Crippen LogP contribution in [0.1, 0.15) is 47.2 Å². The number of hydrogen-bond acceptors (Lipinski definition) is 3. The lowest BCUT2D eigenvalue weighted by molar-refractivity contribution is -0.138. The molecule has 0 radical (unpaired) electrons. The summed E-state index contributed by atoms with van der Waals surface area (Å²) in [5, 5.41) is 4.29. The molecule has 5 nitrogen and oxygen atoms in total. The maximum atomic E-state index is 14.0. The van der Waals surface area contributed by atoms with Crippen molar-refractivity contribution in [2.45, 2.75) is 44.7 Å². The number of amides is 2. The van der Waals surface area contributed by atoms with Gasteiger partial charge in [0.05, 0.1) is 11.5 Å². The Bertz CT molecular complexity index is 1520. The fourth-order valence-corrected chi connectivity index (χ4v) is 7.32. The molecule has 2 fully saturated rings. The number of carbonyl (C=O) groups excluding carboxylic acids is 2. The molecule has 204 valence electrons. The van der Waals surface area contributed by atoms with Crippen molar-refractivity contribution in [3.8, 4) is 0 Å². The molecular weight excluding hydrogens is 494 g/mol. The van der Waals surface area contributed by atoms with Gasteiger partial charge in [-0.05, 0) is 77.4 Å². The Morgan fingerprint density at radius 3 is 2.05 bits per heavy atom. The average Bonchev–Trinajstić information content (AvgIpc) is 3.03. The van der Waals surface area contributed by atoms with Crippen LogP contribution in [0.3, 0.4) is 0 Å². The summed E-state index contributed by atoms with van der Waals surface area (Å²) in [6.45, 7) is 5.01. The molecular formula is C35H37N3O2. The minimum atomic E-state index is 0.0840. The molecule has 0 bridgehead atoms. The summed E-state index contributed by atoms with van der Waals surface area (Å²) >= 11 is 0. The van der Waals surface area contributed by atoms with Gasteiger partial charge < -0.3 is 9.80 Å². The Kier molecular flexibility index (Phi) is 6.76. The predicted octanol–water partition coefficient (Wildman–Crippen LogP) is 5.89. The van der Waals surface area contributed by atoms with Crippen molar-refractivity contribution < 1.29 is 9.59 Å². The fraction of sp³-hybridized carbons (Fsp3) is 0.371. The number of nitrogens with zero attached hydrogens (tertiary/aromatic N) is 3. The second kappa shape index (κ2) is 10.7. The van der Waals surface area contributed by atoms with Crippen molar-refractivity contribution >= 4 is 33.4 Å². The van der Waals surface area contributed by atoms with Gasteiger partial charge in [0, 0.05) is 38.8 Å². The molecule has 0 spiro atoms. The molecule has 3 heterocycles. The summed E-state index contributed by atoms with van der Waals surface area (Å²) in [7, 11) is 0. The highest BCUT2D eigenvalue weighted by Gasteiger charge is 2.35. The molecule has 4 aromatic rings. The van der Waals surface area contributed by atoms with Crippen molar-refractivity contribution in [2.24, 2.45) is 5.92 Å². The van der Waals surface area contributed by atoms with Crippen LogP contribution in [0.15, 0.2) is 78.9 Å². The normalized spacial score (nSPS) is 20.6. The third kappa shape index (κ3) is 4.66. The van der Waals surface area contributed by atoms with E-state index in [2.05, 4.69) is 69.3 Å². The summed E-state index contributed by atoms with van der Waals surface area (Å²) in [5.41, 5.74) is 3.51. The molecule has 0 aromatic heterocycles. The zero-order chi connectivity index (χ0) is 27.1. The number of piperidine rings is 2. The van der Waals surface area contributed by atoms with Gasteiger partial charge in [0.2, 0.25) is 5.91 Å². The highest BCUT2D eigenvalue weighted by Crippen LogP contribution is 2.32. The number of carbonyl (C=O) groups is 2. The lowest BCUT2D eigenvalue weighted by Crippen LogP contribution is -2.52. The van der Waals surface area contributed by atoms with E-state index in [1.807, 2.05) is 24.3 Å². The van der Waals surface area contributed by atoms with Gasteiger partial charge in [-0.15, -0.1) is 0 Å². The van der Waals surface area contributed by atoms with Crippen LogP contribution in [0.25, 0.3) is 21.5 Å². The number of hydrogen-bond donors (Lipinski definition) is 0. The second-order valence-electron chi connectivity index (χ2n) is 11.8. The summed E-state index contributed by atoms with van der Waals surface area (Å²) < 4.78 is 0. The number of fused-ring (bicyclic) bond motifs is 3. The van der Waals surface area contributed by atoms with E-state index >= 15 is 0 Å². The number of rotatable bonds is 3. The summed E-state index contributed by atoms with van der Waals surface area (Å²) in [5.74, 6) is 0.555. The van der Waals surface area contributed by atoms with Crippen molar-refractivity contribution in [2.75, 3.05) is 32.7 Å². The van der Waals surface area contributed by atoms with Gasteiger partial charge in [-0.25, -0.2) is 0 Å². The van der Waals surface area contributed by atoms with Crippen LogP contribution < -0.4 is 0 Å². The molecule has 7 rings (SSSR count). The largest absolute Gasteiger partial charge is 0.338 e. The van der Waals surface area contributed by atoms with Gasteiger partial charge in [-0.1, -0.05) is 72.8 Å². The smallest absolute Gasteiger partial charge is 0.255 e. The van der Waals surface area contributed by atoms with Gasteiger partial charge in [0.25, 0.3) is 5.91 Å². The lowest BCUT2D eigenvalue weighted by Gasteiger charge is -2.43. The molecule has 0 aliphatic carbocycles.